The molecule has 4 aromatic rings. The van der Waals surface area contributed by atoms with Gasteiger partial charge in [0.25, 0.3) is 0 Å². The van der Waals surface area contributed by atoms with E-state index in [1.54, 1.807) is 30.8 Å². The van der Waals surface area contributed by atoms with Crippen LogP contribution in [-0.2, 0) is 6.54 Å². The maximum atomic E-state index is 10.1. The molecule has 2 unspecified atom stereocenters. The Bertz CT molecular complexity index is 1560. The Morgan fingerprint density at radius 2 is 1.86 bits per heavy atom. The zero-order valence-electron chi connectivity index (χ0n) is 23.0. The van der Waals surface area contributed by atoms with Crippen LogP contribution in [0.3, 0.4) is 0 Å². The van der Waals surface area contributed by atoms with E-state index in [4.69, 9.17) is 21.3 Å². The third kappa shape index (κ3) is 6.75. The van der Waals surface area contributed by atoms with Crippen molar-refractivity contribution >= 4 is 22.9 Å². The van der Waals surface area contributed by atoms with E-state index in [-0.39, 0.29) is 6.61 Å². The van der Waals surface area contributed by atoms with Crippen molar-refractivity contribution in [2.45, 2.75) is 51.2 Å². The number of aromatic nitrogens is 4. The lowest BCUT2D eigenvalue weighted by molar-refractivity contribution is -0.00875. The second kappa shape index (κ2) is 12.1. The summed E-state index contributed by atoms with van der Waals surface area (Å²) in [5.41, 5.74) is 3.04. The number of nitrogens with zero attached hydrogens (tertiary/aromatic N) is 7. The minimum absolute atomic E-state index is 0.129. The minimum atomic E-state index is -3.67. The topological polar surface area (TPSA) is 103 Å². The Morgan fingerprint density at radius 3 is 2.45 bits per heavy atom. The van der Waals surface area contributed by atoms with Gasteiger partial charge in [0.1, 0.15) is 29.4 Å². The van der Waals surface area contributed by atoms with E-state index in [0.29, 0.717) is 34.1 Å². The zero-order chi connectivity index (χ0) is 30.0. The Morgan fingerprint density at radius 1 is 1.12 bits per heavy atom. The molecule has 3 aliphatic rings. The van der Waals surface area contributed by atoms with Crippen molar-refractivity contribution in [1.82, 2.24) is 24.5 Å². The number of rotatable bonds is 7. The van der Waals surface area contributed by atoms with Crippen molar-refractivity contribution in [3.63, 3.8) is 0 Å². The number of alkyl halides is 3. The Labute approximate surface area is 245 Å². The summed E-state index contributed by atoms with van der Waals surface area (Å²) in [4.78, 5) is 13.9. The largest absolute Gasteiger partial charge is 0.489 e. The second-order valence-corrected chi connectivity index (χ2v) is 11.3. The van der Waals surface area contributed by atoms with Gasteiger partial charge in [-0.25, -0.2) is 14.5 Å². The van der Waals surface area contributed by atoms with Crippen LogP contribution in [0.15, 0.2) is 55.1 Å². The Kier molecular flexibility index (Phi) is 8.54. The van der Waals surface area contributed by atoms with E-state index >= 15 is 0 Å². The van der Waals surface area contributed by atoms with Crippen LogP contribution in [0.2, 0.25) is 5.15 Å². The molecule has 42 heavy (non-hydrogen) atoms. The van der Waals surface area contributed by atoms with Gasteiger partial charge in [0.2, 0.25) is 0 Å². The standard InChI is InChI=1S/C28H28ClN7O2.CHF3/c1-28(2,37)17-38-23-8-24(27-20(9-30)12-33-36(27)16-23)19-4-6-26(32-11-19)34-14-21-7-22(15-34)35(21)13-18-3-5-25(29)31-10-18;2-1(3)4/h3-6,8,10-12,16,21-22,37H,7,13-15,17H2,1-2H3;1H. The van der Waals surface area contributed by atoms with E-state index in [1.165, 1.54) is 12.0 Å². The molecule has 3 aliphatic heterocycles. The fourth-order valence-electron chi connectivity index (χ4n) is 5.31. The fraction of sp³-hybridized carbons (Fsp3) is 0.379. The molecule has 1 N–H and O–H groups in total. The molecule has 0 aromatic carbocycles. The highest BCUT2D eigenvalue weighted by Crippen LogP contribution is 2.36. The first-order chi connectivity index (χ1) is 20.0. The van der Waals surface area contributed by atoms with E-state index in [1.807, 2.05) is 42.7 Å². The molecule has 0 spiro atoms. The highest BCUT2D eigenvalue weighted by molar-refractivity contribution is 6.29. The van der Waals surface area contributed by atoms with E-state index in [2.05, 4.69) is 26.0 Å². The summed E-state index contributed by atoms with van der Waals surface area (Å²) in [7, 11) is 0. The van der Waals surface area contributed by atoms with Crippen molar-refractivity contribution in [3.05, 3.63) is 71.4 Å². The monoisotopic (exact) mass is 599 g/mol. The lowest BCUT2D eigenvalue weighted by Crippen LogP contribution is -2.68. The maximum Gasteiger partial charge on any atom is 0.379 e. The van der Waals surface area contributed by atoms with Gasteiger partial charge in [-0.3, -0.25) is 4.90 Å². The molecule has 2 bridgehead atoms. The SMILES string of the molecule is CC(C)(O)COc1cc(-c2ccc(N3CC4CC(C3)N4Cc3ccc(Cl)nc3)nc2)c2c(C#N)cnn2c1.FC(F)F. The highest BCUT2D eigenvalue weighted by Gasteiger charge is 2.44. The summed E-state index contributed by atoms with van der Waals surface area (Å²) in [5.74, 6) is 1.49. The first-order valence-corrected chi connectivity index (χ1v) is 13.6. The Balaban J connectivity index is 0.000000830. The summed E-state index contributed by atoms with van der Waals surface area (Å²) in [6.07, 6.45) is 8.17. The molecular weight excluding hydrogens is 571 g/mol. The molecule has 4 aromatic heterocycles. The number of nitriles is 1. The number of hydrogen-bond acceptors (Lipinski definition) is 8. The third-order valence-corrected chi connectivity index (χ3v) is 7.40. The number of hydrogen-bond donors (Lipinski definition) is 1. The van der Waals surface area contributed by atoms with Crippen molar-refractivity contribution in [2.75, 3.05) is 24.6 Å². The van der Waals surface area contributed by atoms with Crippen molar-refractivity contribution < 1.29 is 23.0 Å². The number of ether oxygens (including phenoxy) is 1. The summed E-state index contributed by atoms with van der Waals surface area (Å²) in [5, 5.41) is 24.6. The molecule has 13 heteroatoms. The summed E-state index contributed by atoms with van der Waals surface area (Å²) >= 11 is 5.93. The van der Waals surface area contributed by atoms with Crippen LogP contribution < -0.4 is 9.64 Å². The average molecular weight is 600 g/mol. The molecule has 7 rings (SSSR count). The molecule has 7 heterocycles. The smallest absolute Gasteiger partial charge is 0.379 e. The zero-order valence-corrected chi connectivity index (χ0v) is 23.7. The molecule has 3 fully saturated rings. The van der Waals surface area contributed by atoms with Crippen molar-refractivity contribution in [2.24, 2.45) is 0 Å². The maximum absolute atomic E-state index is 10.1. The fourth-order valence-corrected chi connectivity index (χ4v) is 5.43. The summed E-state index contributed by atoms with van der Waals surface area (Å²) in [6.45, 7) is 2.58. The quantitative estimate of drug-likeness (QED) is 0.293. The van der Waals surface area contributed by atoms with Crippen LogP contribution in [0.1, 0.15) is 31.4 Å². The number of fused-ring (bicyclic) bond motifs is 3. The van der Waals surface area contributed by atoms with Crippen LogP contribution >= 0.6 is 11.6 Å². The summed E-state index contributed by atoms with van der Waals surface area (Å²) in [6, 6.07) is 13.0. The number of anilines is 1. The molecule has 0 saturated carbocycles. The second-order valence-electron chi connectivity index (χ2n) is 10.9. The number of pyridine rings is 3. The molecule has 220 valence electrons. The molecular formula is C29H29ClF3N7O2. The van der Waals surface area contributed by atoms with E-state index < -0.39 is 12.3 Å². The molecule has 3 saturated heterocycles. The van der Waals surface area contributed by atoms with Gasteiger partial charge in [0.15, 0.2) is 0 Å². The van der Waals surface area contributed by atoms with Gasteiger partial charge in [-0.15, -0.1) is 0 Å². The van der Waals surface area contributed by atoms with Crippen LogP contribution in [0.5, 0.6) is 5.75 Å². The average Bonchev–Trinajstić information content (AvgIpc) is 3.38. The molecule has 0 amide bonds. The lowest BCUT2D eigenvalue weighted by Gasteiger charge is -2.56. The van der Waals surface area contributed by atoms with E-state index in [0.717, 1.165) is 36.6 Å². The highest BCUT2D eigenvalue weighted by atomic mass is 35.5. The number of halogens is 4. The van der Waals surface area contributed by atoms with Crippen LogP contribution in [0.4, 0.5) is 19.0 Å². The minimum Gasteiger partial charge on any atom is -0.489 e. The normalized spacial score (nSPS) is 18.3. The predicted octanol–water partition coefficient (Wildman–Crippen LogP) is 5.11. The van der Waals surface area contributed by atoms with E-state index in [9.17, 15) is 23.5 Å². The summed E-state index contributed by atoms with van der Waals surface area (Å²) < 4.78 is 36.5. The lowest BCUT2D eigenvalue weighted by atomic mass is 9.87. The van der Waals surface area contributed by atoms with Gasteiger partial charge in [0, 0.05) is 55.2 Å². The van der Waals surface area contributed by atoms with Crippen molar-refractivity contribution in [1.29, 1.82) is 5.26 Å². The van der Waals surface area contributed by atoms with Crippen molar-refractivity contribution in [3.8, 4) is 22.9 Å². The number of piperidine rings is 1. The van der Waals surface area contributed by atoms with Gasteiger partial charge in [0.05, 0.1) is 29.1 Å². The van der Waals surface area contributed by atoms with Crippen LogP contribution in [0.25, 0.3) is 16.6 Å². The van der Waals surface area contributed by atoms with Gasteiger partial charge in [-0.05, 0) is 50.1 Å². The molecule has 0 radical (unpaired) electrons. The van der Waals surface area contributed by atoms with Crippen LogP contribution in [-0.4, -0.2) is 73.6 Å². The van der Waals surface area contributed by atoms with Gasteiger partial charge in [-0.1, -0.05) is 17.7 Å². The predicted molar refractivity (Wildman–Crippen MR) is 151 cm³/mol. The van der Waals surface area contributed by atoms with Crippen LogP contribution in [0, 0.1) is 11.3 Å². The molecule has 0 aliphatic carbocycles. The number of aliphatic hydroxyl groups is 1. The molecule has 2 atom stereocenters. The van der Waals surface area contributed by atoms with Gasteiger partial charge in [-0.2, -0.15) is 23.5 Å². The Hall–Kier alpha value is -3.92. The van der Waals surface area contributed by atoms with Gasteiger partial charge < -0.3 is 14.7 Å². The third-order valence-electron chi connectivity index (χ3n) is 7.18. The first kappa shape index (κ1) is 29.6. The molecule has 9 nitrogen and oxygen atoms in total. The number of piperazine rings is 1. The van der Waals surface area contributed by atoms with Gasteiger partial charge >= 0.3 is 6.68 Å². The first-order valence-electron chi connectivity index (χ1n) is 13.3.